The van der Waals surface area contributed by atoms with Crippen molar-refractivity contribution in [1.29, 1.82) is 0 Å². The van der Waals surface area contributed by atoms with Gasteiger partial charge in [0.15, 0.2) is 0 Å². The van der Waals surface area contributed by atoms with Crippen LogP contribution in [-0.4, -0.2) is 43.4 Å². The first kappa shape index (κ1) is 17.1. The molecule has 1 heterocycles. The number of hydrogen-bond donors (Lipinski definition) is 2. The molecule has 25 heavy (non-hydrogen) atoms. The molecule has 2 N–H and O–H groups in total. The minimum absolute atomic E-state index is 0.142. The predicted octanol–water partition coefficient (Wildman–Crippen LogP) is 1.97. The number of carbonyl (C=O) groups excluding carboxylic acids is 2. The summed E-state index contributed by atoms with van der Waals surface area (Å²) < 4.78 is 13.1. The third-order valence-corrected chi connectivity index (χ3v) is 4.36. The third-order valence-electron chi connectivity index (χ3n) is 4.36. The lowest BCUT2D eigenvalue weighted by Gasteiger charge is -2.36. The van der Waals surface area contributed by atoms with Crippen molar-refractivity contribution in [2.45, 2.75) is 6.04 Å². The fourth-order valence-corrected chi connectivity index (χ4v) is 3.04. The van der Waals surface area contributed by atoms with Crippen LogP contribution in [-0.2, 0) is 0 Å². The van der Waals surface area contributed by atoms with Gasteiger partial charge >= 0.3 is 0 Å². The van der Waals surface area contributed by atoms with E-state index >= 15 is 0 Å². The normalized spacial score (nSPS) is 17.2. The van der Waals surface area contributed by atoms with Crippen LogP contribution < -0.4 is 10.6 Å². The van der Waals surface area contributed by atoms with Crippen molar-refractivity contribution >= 4 is 11.8 Å². The van der Waals surface area contributed by atoms with Crippen molar-refractivity contribution in [3.8, 4) is 0 Å². The van der Waals surface area contributed by atoms with Crippen LogP contribution in [0.25, 0.3) is 0 Å². The zero-order chi connectivity index (χ0) is 17.8. The summed E-state index contributed by atoms with van der Waals surface area (Å²) in [7, 11) is 1.58. The highest BCUT2D eigenvalue weighted by Crippen LogP contribution is 2.25. The summed E-state index contributed by atoms with van der Waals surface area (Å²) in [6.07, 6.45) is 0. The minimum atomic E-state index is -0.369. The first-order valence-electron chi connectivity index (χ1n) is 8.19. The van der Waals surface area contributed by atoms with Gasteiger partial charge in [0.25, 0.3) is 11.8 Å². The Kier molecular flexibility index (Phi) is 5.09. The van der Waals surface area contributed by atoms with E-state index in [9.17, 15) is 14.0 Å². The highest BCUT2D eigenvalue weighted by Gasteiger charge is 2.29. The van der Waals surface area contributed by atoms with Gasteiger partial charge in [0, 0.05) is 37.8 Å². The van der Waals surface area contributed by atoms with Crippen LogP contribution in [0.15, 0.2) is 48.5 Å². The second-order valence-electron chi connectivity index (χ2n) is 5.93. The molecule has 2 aromatic rings. The van der Waals surface area contributed by atoms with Crippen molar-refractivity contribution in [3.05, 3.63) is 71.0 Å². The van der Waals surface area contributed by atoms with Crippen molar-refractivity contribution in [3.63, 3.8) is 0 Å². The van der Waals surface area contributed by atoms with Crippen LogP contribution in [0.4, 0.5) is 4.39 Å². The van der Waals surface area contributed by atoms with Crippen LogP contribution in [0.5, 0.6) is 0 Å². The first-order chi connectivity index (χ1) is 12.1. The van der Waals surface area contributed by atoms with E-state index in [1.165, 1.54) is 24.3 Å². The number of rotatable bonds is 3. The maximum Gasteiger partial charge on any atom is 0.254 e. The Morgan fingerprint density at radius 3 is 2.64 bits per heavy atom. The van der Waals surface area contributed by atoms with E-state index in [0.29, 0.717) is 30.8 Å². The second kappa shape index (κ2) is 7.44. The minimum Gasteiger partial charge on any atom is -0.355 e. The van der Waals surface area contributed by atoms with E-state index in [-0.39, 0.29) is 23.7 Å². The van der Waals surface area contributed by atoms with Crippen molar-refractivity contribution in [2.24, 2.45) is 0 Å². The zero-order valence-corrected chi connectivity index (χ0v) is 14.0. The van der Waals surface area contributed by atoms with E-state index in [1.807, 2.05) is 12.1 Å². The van der Waals surface area contributed by atoms with E-state index in [1.54, 1.807) is 24.1 Å². The molecular weight excluding hydrogens is 321 g/mol. The van der Waals surface area contributed by atoms with Crippen LogP contribution in [0, 0.1) is 5.82 Å². The highest BCUT2D eigenvalue weighted by molar-refractivity contribution is 5.95. The summed E-state index contributed by atoms with van der Waals surface area (Å²) in [6, 6.07) is 12.7. The quantitative estimate of drug-likeness (QED) is 0.897. The Morgan fingerprint density at radius 1 is 1.16 bits per heavy atom. The maximum absolute atomic E-state index is 13.1. The number of amides is 2. The van der Waals surface area contributed by atoms with Gasteiger partial charge in [0.05, 0.1) is 6.04 Å². The van der Waals surface area contributed by atoms with Gasteiger partial charge in [-0.25, -0.2) is 4.39 Å². The lowest BCUT2D eigenvalue weighted by Crippen LogP contribution is -2.48. The molecule has 0 aliphatic carbocycles. The summed E-state index contributed by atoms with van der Waals surface area (Å²) in [5, 5.41) is 5.89. The molecule has 0 spiro atoms. The van der Waals surface area contributed by atoms with Gasteiger partial charge in [0.2, 0.25) is 0 Å². The fourth-order valence-electron chi connectivity index (χ4n) is 3.04. The van der Waals surface area contributed by atoms with E-state index in [2.05, 4.69) is 10.6 Å². The van der Waals surface area contributed by atoms with Gasteiger partial charge in [-0.05, 0) is 42.0 Å². The molecule has 1 atom stereocenters. The monoisotopic (exact) mass is 341 g/mol. The number of halogens is 1. The van der Waals surface area contributed by atoms with Crippen LogP contribution in [0.1, 0.15) is 32.3 Å². The van der Waals surface area contributed by atoms with E-state index in [0.717, 1.165) is 5.56 Å². The summed E-state index contributed by atoms with van der Waals surface area (Å²) >= 11 is 0. The third kappa shape index (κ3) is 3.69. The fraction of sp³-hybridized carbons (Fsp3) is 0.263. The van der Waals surface area contributed by atoms with Crippen LogP contribution in [0.3, 0.4) is 0 Å². The lowest BCUT2D eigenvalue weighted by atomic mass is 9.99. The van der Waals surface area contributed by atoms with Crippen molar-refractivity contribution < 1.29 is 14.0 Å². The molecule has 2 aromatic carbocycles. The molecule has 1 aliphatic heterocycles. The Morgan fingerprint density at radius 2 is 1.92 bits per heavy atom. The molecule has 130 valence electrons. The molecule has 1 fully saturated rings. The predicted molar refractivity (Wildman–Crippen MR) is 92.9 cm³/mol. The van der Waals surface area contributed by atoms with Gasteiger partial charge in [0.1, 0.15) is 5.82 Å². The topological polar surface area (TPSA) is 61.4 Å². The Labute approximate surface area is 145 Å². The molecule has 2 amide bonds. The Bertz CT molecular complexity index is 776. The molecule has 3 rings (SSSR count). The van der Waals surface area contributed by atoms with E-state index in [4.69, 9.17) is 0 Å². The van der Waals surface area contributed by atoms with Gasteiger partial charge in [-0.3, -0.25) is 9.59 Å². The van der Waals surface area contributed by atoms with Gasteiger partial charge in [-0.1, -0.05) is 12.1 Å². The molecule has 5 nitrogen and oxygen atoms in total. The Balaban J connectivity index is 1.89. The molecule has 0 bridgehead atoms. The molecule has 1 unspecified atom stereocenters. The smallest absolute Gasteiger partial charge is 0.254 e. The Hall–Kier alpha value is -2.73. The summed E-state index contributed by atoms with van der Waals surface area (Å²) in [6.45, 7) is 1.84. The van der Waals surface area contributed by atoms with Crippen LogP contribution in [0.2, 0.25) is 0 Å². The molecule has 0 radical (unpaired) electrons. The largest absolute Gasteiger partial charge is 0.355 e. The summed E-state index contributed by atoms with van der Waals surface area (Å²) in [4.78, 5) is 26.5. The average molecular weight is 341 g/mol. The SMILES string of the molecule is CNC(=O)c1cccc(C2CNCCN2C(=O)c2ccc(F)cc2)c1. The highest BCUT2D eigenvalue weighted by atomic mass is 19.1. The summed E-state index contributed by atoms with van der Waals surface area (Å²) in [5.74, 6) is -0.675. The van der Waals surface area contributed by atoms with Gasteiger partial charge in [-0.15, -0.1) is 0 Å². The van der Waals surface area contributed by atoms with Gasteiger partial charge < -0.3 is 15.5 Å². The number of benzene rings is 2. The molecule has 1 aliphatic rings. The maximum atomic E-state index is 13.1. The number of piperazine rings is 1. The first-order valence-corrected chi connectivity index (χ1v) is 8.19. The molecule has 0 saturated carbocycles. The van der Waals surface area contributed by atoms with E-state index < -0.39 is 0 Å². The molecule has 6 heteroatoms. The zero-order valence-electron chi connectivity index (χ0n) is 14.0. The molecule has 1 saturated heterocycles. The standard InChI is InChI=1S/C19H20FN3O2/c1-21-18(24)15-4-2-3-14(11-15)17-12-22-9-10-23(17)19(25)13-5-7-16(20)8-6-13/h2-8,11,17,22H,9-10,12H2,1H3,(H,21,24). The van der Waals surface area contributed by atoms with Crippen molar-refractivity contribution in [1.82, 2.24) is 15.5 Å². The van der Waals surface area contributed by atoms with Crippen LogP contribution >= 0.6 is 0 Å². The second-order valence-corrected chi connectivity index (χ2v) is 5.93. The van der Waals surface area contributed by atoms with Crippen molar-refractivity contribution in [2.75, 3.05) is 26.7 Å². The average Bonchev–Trinajstić information content (AvgIpc) is 2.67. The molecular formula is C19H20FN3O2. The molecule has 0 aromatic heterocycles. The number of nitrogens with one attached hydrogen (secondary N) is 2. The number of carbonyl (C=O) groups is 2. The summed E-state index contributed by atoms with van der Waals surface area (Å²) in [5.41, 5.74) is 1.90. The number of nitrogens with zero attached hydrogens (tertiary/aromatic N) is 1. The lowest BCUT2D eigenvalue weighted by molar-refractivity contribution is 0.0634. The van der Waals surface area contributed by atoms with Gasteiger partial charge in [-0.2, -0.15) is 0 Å². The number of hydrogen-bond acceptors (Lipinski definition) is 3.